The van der Waals surface area contributed by atoms with Gasteiger partial charge in [-0.2, -0.15) is 4.98 Å². The number of hydrogen-bond acceptors (Lipinski definition) is 5. The van der Waals surface area contributed by atoms with Crippen molar-refractivity contribution in [2.24, 2.45) is 0 Å². The Morgan fingerprint density at radius 1 is 1.19 bits per heavy atom. The summed E-state index contributed by atoms with van der Waals surface area (Å²) in [6.07, 6.45) is 0. The molecule has 0 aliphatic heterocycles. The number of aromatic carboxylic acids is 1. The third-order valence-electron chi connectivity index (χ3n) is 2.60. The van der Waals surface area contributed by atoms with Crippen LogP contribution in [0.2, 0.25) is 0 Å². The highest BCUT2D eigenvalue weighted by molar-refractivity contribution is 5.91. The Labute approximate surface area is 119 Å². The molecule has 0 spiro atoms. The molecule has 1 N–H and O–H groups in total. The normalized spacial score (nSPS) is 10.0. The molecule has 0 saturated carbocycles. The van der Waals surface area contributed by atoms with Crippen molar-refractivity contribution >= 4 is 5.97 Å². The van der Waals surface area contributed by atoms with Crippen LogP contribution in [0.4, 0.5) is 4.39 Å². The number of methoxy groups -OCH3 is 2. The van der Waals surface area contributed by atoms with Crippen LogP contribution >= 0.6 is 0 Å². The van der Waals surface area contributed by atoms with E-state index in [1.165, 1.54) is 38.5 Å². The summed E-state index contributed by atoms with van der Waals surface area (Å²) in [7, 11) is 2.86. The van der Waals surface area contributed by atoms with Gasteiger partial charge in [-0.15, -0.1) is 0 Å². The Morgan fingerprint density at radius 3 is 2.52 bits per heavy atom. The van der Waals surface area contributed by atoms with E-state index in [-0.39, 0.29) is 17.5 Å². The number of rotatable bonds is 5. The molecular weight excluding hydrogens is 281 g/mol. The van der Waals surface area contributed by atoms with Crippen LogP contribution in [0.1, 0.15) is 10.4 Å². The number of hydrogen-bond donors (Lipinski definition) is 1. The first-order chi connectivity index (χ1) is 10.0. The molecule has 0 aliphatic carbocycles. The molecule has 0 unspecified atom stereocenters. The van der Waals surface area contributed by atoms with Crippen molar-refractivity contribution in [3.05, 3.63) is 41.7 Å². The summed E-state index contributed by atoms with van der Waals surface area (Å²) >= 11 is 0. The fraction of sp³-hybridized carbons (Fsp3) is 0.143. The third kappa shape index (κ3) is 3.19. The van der Waals surface area contributed by atoms with E-state index in [1.807, 2.05) is 0 Å². The lowest BCUT2D eigenvalue weighted by Gasteiger charge is -2.10. The Kier molecular flexibility index (Phi) is 4.22. The molecular formula is C14H12FNO5. The highest BCUT2D eigenvalue weighted by atomic mass is 19.1. The van der Waals surface area contributed by atoms with Crippen LogP contribution in [0.3, 0.4) is 0 Å². The summed E-state index contributed by atoms with van der Waals surface area (Å²) in [6.45, 7) is 0. The maximum atomic E-state index is 13.6. The molecule has 110 valence electrons. The monoisotopic (exact) mass is 293 g/mol. The van der Waals surface area contributed by atoms with E-state index in [0.717, 1.165) is 6.07 Å². The zero-order valence-electron chi connectivity index (χ0n) is 11.3. The molecule has 7 heteroatoms. The molecule has 21 heavy (non-hydrogen) atoms. The van der Waals surface area contributed by atoms with Gasteiger partial charge < -0.3 is 19.3 Å². The van der Waals surface area contributed by atoms with Gasteiger partial charge in [0.05, 0.1) is 14.2 Å². The Morgan fingerprint density at radius 2 is 1.90 bits per heavy atom. The molecule has 0 fully saturated rings. The second-order valence-corrected chi connectivity index (χ2v) is 3.91. The van der Waals surface area contributed by atoms with Gasteiger partial charge in [-0.1, -0.05) is 6.07 Å². The number of ether oxygens (including phenoxy) is 3. The van der Waals surface area contributed by atoms with Gasteiger partial charge in [-0.3, -0.25) is 0 Å². The summed E-state index contributed by atoms with van der Waals surface area (Å²) in [5.74, 6) is -1.83. The van der Waals surface area contributed by atoms with E-state index in [1.54, 1.807) is 0 Å². The van der Waals surface area contributed by atoms with E-state index in [0.29, 0.717) is 5.75 Å². The van der Waals surface area contributed by atoms with E-state index < -0.39 is 17.3 Å². The van der Waals surface area contributed by atoms with Crippen molar-refractivity contribution in [2.75, 3.05) is 14.2 Å². The molecule has 0 radical (unpaired) electrons. The van der Waals surface area contributed by atoms with E-state index in [9.17, 15) is 9.18 Å². The Balaban J connectivity index is 2.43. The summed E-state index contributed by atoms with van der Waals surface area (Å²) in [6, 6.07) is 6.67. The largest absolute Gasteiger partial charge is 0.496 e. The van der Waals surface area contributed by atoms with Crippen LogP contribution < -0.4 is 14.2 Å². The molecule has 1 aromatic carbocycles. The van der Waals surface area contributed by atoms with Gasteiger partial charge in [0, 0.05) is 12.1 Å². The summed E-state index contributed by atoms with van der Waals surface area (Å²) in [4.78, 5) is 15.1. The summed E-state index contributed by atoms with van der Waals surface area (Å²) < 4.78 is 28.9. The molecule has 6 nitrogen and oxygen atoms in total. The van der Waals surface area contributed by atoms with Crippen LogP contribution in [0, 0.1) is 5.82 Å². The van der Waals surface area contributed by atoms with E-state index in [4.69, 9.17) is 19.3 Å². The topological polar surface area (TPSA) is 77.9 Å². The van der Waals surface area contributed by atoms with Crippen molar-refractivity contribution in [3.63, 3.8) is 0 Å². The fourth-order valence-corrected chi connectivity index (χ4v) is 1.64. The standard InChI is InChI=1S/C14H12FNO5/c1-19-8-6-11(20-2)16-12(7-8)21-10-5-3-4-9(15)13(10)14(17)18/h3-7H,1-2H3,(H,17,18). The second-order valence-electron chi connectivity index (χ2n) is 3.91. The minimum absolute atomic E-state index is 0.0271. The summed E-state index contributed by atoms with van der Waals surface area (Å²) in [5, 5.41) is 9.04. The van der Waals surface area contributed by atoms with Crippen LogP contribution in [-0.2, 0) is 0 Å². The number of halogens is 1. The summed E-state index contributed by atoms with van der Waals surface area (Å²) in [5.41, 5.74) is -0.568. The minimum Gasteiger partial charge on any atom is -0.496 e. The molecule has 0 atom stereocenters. The molecule has 0 aliphatic rings. The molecule has 2 rings (SSSR count). The van der Waals surface area contributed by atoms with E-state index in [2.05, 4.69) is 4.98 Å². The van der Waals surface area contributed by atoms with Crippen molar-refractivity contribution in [2.45, 2.75) is 0 Å². The average molecular weight is 293 g/mol. The predicted molar refractivity (Wildman–Crippen MR) is 70.8 cm³/mol. The van der Waals surface area contributed by atoms with Crippen molar-refractivity contribution in [1.29, 1.82) is 0 Å². The number of nitrogens with zero attached hydrogens (tertiary/aromatic N) is 1. The maximum Gasteiger partial charge on any atom is 0.342 e. The second kappa shape index (κ2) is 6.08. The van der Waals surface area contributed by atoms with Crippen LogP contribution in [0.5, 0.6) is 23.3 Å². The Bertz CT molecular complexity index is 652. The molecule has 1 aromatic heterocycles. The lowest BCUT2D eigenvalue weighted by molar-refractivity contribution is 0.0689. The first-order valence-electron chi connectivity index (χ1n) is 5.85. The van der Waals surface area contributed by atoms with Crippen molar-refractivity contribution in [3.8, 4) is 23.3 Å². The smallest absolute Gasteiger partial charge is 0.342 e. The van der Waals surface area contributed by atoms with Gasteiger partial charge in [0.15, 0.2) is 0 Å². The van der Waals surface area contributed by atoms with Crippen molar-refractivity contribution < 1.29 is 28.5 Å². The number of carboxylic acids is 1. The number of benzene rings is 1. The van der Waals surface area contributed by atoms with Crippen LogP contribution in [0.15, 0.2) is 30.3 Å². The minimum atomic E-state index is -1.43. The van der Waals surface area contributed by atoms with Crippen LogP contribution in [0.25, 0.3) is 0 Å². The molecule has 0 amide bonds. The predicted octanol–water partition coefficient (Wildman–Crippen LogP) is 2.73. The molecule has 0 saturated heterocycles. The quantitative estimate of drug-likeness (QED) is 0.913. The number of aromatic nitrogens is 1. The third-order valence-corrected chi connectivity index (χ3v) is 2.60. The Hall–Kier alpha value is -2.83. The first-order valence-corrected chi connectivity index (χ1v) is 5.85. The van der Waals surface area contributed by atoms with Crippen molar-refractivity contribution in [1.82, 2.24) is 4.98 Å². The molecule has 2 aromatic rings. The molecule has 0 bridgehead atoms. The highest BCUT2D eigenvalue weighted by Gasteiger charge is 2.18. The van der Waals surface area contributed by atoms with Gasteiger partial charge in [-0.25, -0.2) is 9.18 Å². The lowest BCUT2D eigenvalue weighted by Crippen LogP contribution is -2.04. The molecule has 1 heterocycles. The van der Waals surface area contributed by atoms with Gasteiger partial charge in [0.25, 0.3) is 0 Å². The number of pyridine rings is 1. The fourth-order valence-electron chi connectivity index (χ4n) is 1.64. The lowest BCUT2D eigenvalue weighted by atomic mass is 10.2. The SMILES string of the molecule is COc1cc(OC)nc(Oc2cccc(F)c2C(=O)O)c1. The van der Waals surface area contributed by atoms with Gasteiger partial charge >= 0.3 is 5.97 Å². The first kappa shape index (κ1) is 14.6. The maximum absolute atomic E-state index is 13.6. The highest BCUT2D eigenvalue weighted by Crippen LogP contribution is 2.30. The van der Waals surface area contributed by atoms with E-state index >= 15 is 0 Å². The number of carboxylic acid groups (broad SMARTS) is 1. The average Bonchev–Trinajstić information content (AvgIpc) is 2.46. The van der Waals surface area contributed by atoms with Crippen LogP contribution in [-0.4, -0.2) is 30.3 Å². The number of carbonyl (C=O) groups is 1. The van der Waals surface area contributed by atoms with Gasteiger partial charge in [0.2, 0.25) is 11.8 Å². The zero-order valence-corrected chi connectivity index (χ0v) is 11.3. The van der Waals surface area contributed by atoms with Gasteiger partial charge in [0.1, 0.15) is 22.9 Å². The zero-order chi connectivity index (χ0) is 15.4. The van der Waals surface area contributed by atoms with Gasteiger partial charge in [-0.05, 0) is 12.1 Å².